The highest BCUT2D eigenvalue weighted by molar-refractivity contribution is 6.23. The Morgan fingerprint density at radius 3 is 2.16 bits per heavy atom. The highest BCUT2D eigenvalue weighted by atomic mass is 16.4. The molecule has 3 aliphatic rings. The minimum atomic E-state index is -1.31. The number of nitrogens with one attached hydrogen (secondary N) is 1. The molecule has 31 heavy (non-hydrogen) atoms. The van der Waals surface area contributed by atoms with E-state index in [2.05, 4.69) is 5.32 Å². The predicted molar refractivity (Wildman–Crippen MR) is 110 cm³/mol. The highest BCUT2D eigenvalue weighted by Crippen LogP contribution is 2.53. The minimum absolute atomic E-state index is 0.00760. The fraction of sp³-hybridized carbons (Fsp3) is 0.250. The molecule has 2 bridgehead atoms. The number of rotatable bonds is 4. The molecule has 0 unspecified atom stereocenters. The Kier molecular flexibility index (Phi) is 4.28. The number of carbonyl (C=O) groups excluding carboxylic acids is 4. The molecule has 7 heteroatoms. The molecule has 1 heterocycles. The quantitative estimate of drug-likeness (QED) is 0.607. The summed E-state index contributed by atoms with van der Waals surface area (Å²) in [6.07, 6.45) is 4.97. The molecule has 1 saturated carbocycles. The molecule has 4 atom stereocenters. The van der Waals surface area contributed by atoms with E-state index in [9.17, 15) is 24.3 Å². The number of hydrogen-bond acceptors (Lipinski definition) is 5. The van der Waals surface area contributed by atoms with Crippen LogP contribution in [0.2, 0.25) is 0 Å². The number of carbonyl (C=O) groups is 4. The van der Waals surface area contributed by atoms with Crippen molar-refractivity contribution in [3.8, 4) is 0 Å². The van der Waals surface area contributed by atoms with Crippen LogP contribution in [0.15, 0.2) is 54.6 Å². The Labute approximate surface area is 178 Å². The molecule has 156 valence electrons. The van der Waals surface area contributed by atoms with E-state index in [-0.39, 0.29) is 41.0 Å². The molecular weight excluding hydrogens is 396 g/mol. The number of fused-ring (bicyclic) bond motifs is 5. The molecule has 0 radical (unpaired) electrons. The van der Waals surface area contributed by atoms with Crippen molar-refractivity contribution in [1.29, 1.82) is 0 Å². The van der Waals surface area contributed by atoms with Gasteiger partial charge in [-0.3, -0.25) is 19.3 Å². The average Bonchev–Trinajstić information content (AvgIpc) is 3.43. The first-order chi connectivity index (χ1) is 14.9. The van der Waals surface area contributed by atoms with Crippen molar-refractivity contribution in [1.82, 2.24) is 0 Å². The summed E-state index contributed by atoms with van der Waals surface area (Å²) in [6, 6.07) is 10.8. The third kappa shape index (κ3) is 2.88. The van der Waals surface area contributed by atoms with E-state index in [4.69, 9.17) is 0 Å². The van der Waals surface area contributed by atoms with Gasteiger partial charge < -0.3 is 15.2 Å². The lowest BCUT2D eigenvalue weighted by Crippen LogP contribution is -2.32. The molecule has 1 N–H and O–H groups in total. The van der Waals surface area contributed by atoms with Gasteiger partial charge in [-0.1, -0.05) is 24.3 Å². The molecule has 5 rings (SSSR count). The molecule has 2 aromatic carbocycles. The molecule has 7 nitrogen and oxygen atoms in total. The van der Waals surface area contributed by atoms with Crippen molar-refractivity contribution in [2.75, 3.05) is 10.2 Å². The van der Waals surface area contributed by atoms with Crippen molar-refractivity contribution in [3.63, 3.8) is 0 Å². The van der Waals surface area contributed by atoms with Gasteiger partial charge in [-0.2, -0.15) is 0 Å². The number of imide groups is 1. The van der Waals surface area contributed by atoms with Crippen molar-refractivity contribution in [2.24, 2.45) is 23.7 Å². The second-order valence-corrected chi connectivity index (χ2v) is 8.28. The van der Waals surface area contributed by atoms with Gasteiger partial charge in [0.2, 0.25) is 11.8 Å². The SMILES string of the molecule is Cc1c(NC(=O)c2ccc(N3C(=O)[C@@H]4[C@@H](C3=O)[C@@H]3C=C[C@@H]4C3)cc2)cccc1C(=O)[O-]. The molecular formula is C24H19N2O5-. The third-order valence-corrected chi connectivity index (χ3v) is 6.66. The van der Waals surface area contributed by atoms with Crippen LogP contribution < -0.4 is 15.3 Å². The smallest absolute Gasteiger partial charge is 0.255 e. The summed E-state index contributed by atoms with van der Waals surface area (Å²) in [5.41, 5.74) is 1.55. The zero-order chi connectivity index (χ0) is 21.9. The maximum Gasteiger partial charge on any atom is 0.255 e. The van der Waals surface area contributed by atoms with E-state index in [1.165, 1.54) is 17.0 Å². The van der Waals surface area contributed by atoms with Crippen molar-refractivity contribution in [2.45, 2.75) is 13.3 Å². The highest BCUT2D eigenvalue weighted by Gasteiger charge is 2.59. The van der Waals surface area contributed by atoms with Gasteiger partial charge in [0.25, 0.3) is 5.91 Å². The van der Waals surface area contributed by atoms with Crippen molar-refractivity contribution >= 4 is 35.1 Å². The number of amides is 3. The summed E-state index contributed by atoms with van der Waals surface area (Å²) in [7, 11) is 0. The molecule has 1 saturated heterocycles. The van der Waals surface area contributed by atoms with Crippen LogP contribution in [-0.4, -0.2) is 23.7 Å². The van der Waals surface area contributed by atoms with Gasteiger partial charge in [0, 0.05) is 16.8 Å². The molecule has 0 spiro atoms. The largest absolute Gasteiger partial charge is 0.545 e. The van der Waals surface area contributed by atoms with E-state index in [1.807, 2.05) is 12.2 Å². The minimum Gasteiger partial charge on any atom is -0.545 e. The number of nitrogens with zero attached hydrogens (tertiary/aromatic N) is 1. The monoisotopic (exact) mass is 415 g/mol. The fourth-order valence-electron chi connectivity index (χ4n) is 5.11. The van der Waals surface area contributed by atoms with Crippen LogP contribution in [0.4, 0.5) is 11.4 Å². The normalized spacial score (nSPS) is 25.8. The van der Waals surface area contributed by atoms with Crippen LogP contribution in [0.5, 0.6) is 0 Å². The average molecular weight is 415 g/mol. The zero-order valence-electron chi connectivity index (χ0n) is 16.7. The van der Waals surface area contributed by atoms with Gasteiger partial charge in [0.1, 0.15) is 0 Å². The molecule has 3 amide bonds. The lowest BCUT2D eigenvalue weighted by atomic mass is 9.85. The number of allylic oxidation sites excluding steroid dienone is 2. The Balaban J connectivity index is 1.35. The summed E-state index contributed by atoms with van der Waals surface area (Å²) in [5, 5.41) is 13.9. The van der Waals surface area contributed by atoms with Crippen molar-refractivity contribution in [3.05, 3.63) is 71.3 Å². The molecule has 0 aromatic heterocycles. The summed E-state index contributed by atoms with van der Waals surface area (Å²) < 4.78 is 0. The maximum absolute atomic E-state index is 12.9. The summed E-state index contributed by atoms with van der Waals surface area (Å²) in [6.45, 7) is 1.59. The first-order valence-electron chi connectivity index (χ1n) is 10.2. The summed E-state index contributed by atoms with van der Waals surface area (Å²) >= 11 is 0. The Morgan fingerprint density at radius 1 is 0.968 bits per heavy atom. The van der Waals surface area contributed by atoms with Gasteiger partial charge in [0.05, 0.1) is 23.5 Å². The van der Waals surface area contributed by atoms with E-state index < -0.39 is 11.9 Å². The Hall–Kier alpha value is -3.74. The zero-order valence-corrected chi connectivity index (χ0v) is 16.7. The third-order valence-electron chi connectivity index (χ3n) is 6.66. The number of anilines is 2. The van der Waals surface area contributed by atoms with Gasteiger partial charge in [-0.15, -0.1) is 0 Å². The van der Waals surface area contributed by atoms with Crippen LogP contribution in [0.3, 0.4) is 0 Å². The van der Waals surface area contributed by atoms with Crippen molar-refractivity contribution < 1.29 is 24.3 Å². The number of benzene rings is 2. The van der Waals surface area contributed by atoms with E-state index in [1.54, 1.807) is 37.3 Å². The second-order valence-electron chi connectivity index (χ2n) is 8.28. The predicted octanol–water partition coefficient (Wildman–Crippen LogP) is 1.92. The Bertz CT molecular complexity index is 1140. The lowest BCUT2D eigenvalue weighted by molar-refractivity contribution is -0.255. The van der Waals surface area contributed by atoms with Gasteiger partial charge in [0.15, 0.2) is 0 Å². The maximum atomic E-state index is 12.9. The first kappa shape index (κ1) is 19.2. The fourth-order valence-corrected chi connectivity index (χ4v) is 5.11. The number of carboxylic acid groups (broad SMARTS) is 1. The lowest BCUT2D eigenvalue weighted by Gasteiger charge is -2.18. The number of carboxylic acids is 1. The van der Waals surface area contributed by atoms with E-state index in [0.717, 1.165) is 6.42 Å². The molecule has 2 aliphatic carbocycles. The van der Waals surface area contributed by atoms with Gasteiger partial charge in [-0.25, -0.2) is 0 Å². The van der Waals surface area contributed by atoms with Crippen LogP contribution in [0, 0.1) is 30.6 Å². The standard InChI is InChI=1S/C24H20N2O5/c1-12-17(24(30)31)3-2-4-18(12)25-21(27)13-7-9-16(10-8-13)26-22(28)19-14-5-6-15(11-14)20(19)23(26)29/h2-10,14-15,19-20H,11H2,1H3,(H,25,27)(H,30,31)/p-1/t14-,15-,19+,20+/m1/s1. The topological polar surface area (TPSA) is 107 Å². The number of hydrogen-bond donors (Lipinski definition) is 1. The summed E-state index contributed by atoms with van der Waals surface area (Å²) in [5.74, 6) is -2.34. The molecule has 2 aromatic rings. The molecule has 1 aliphatic heterocycles. The second kappa shape index (κ2) is 6.91. The molecule has 2 fully saturated rings. The van der Waals surface area contributed by atoms with Crippen LogP contribution in [-0.2, 0) is 9.59 Å². The van der Waals surface area contributed by atoms with Gasteiger partial charge >= 0.3 is 0 Å². The number of aromatic carboxylic acids is 1. The van der Waals surface area contributed by atoms with Crippen LogP contribution in [0.25, 0.3) is 0 Å². The van der Waals surface area contributed by atoms with Crippen LogP contribution in [0.1, 0.15) is 32.7 Å². The van der Waals surface area contributed by atoms with E-state index >= 15 is 0 Å². The Morgan fingerprint density at radius 2 is 1.58 bits per heavy atom. The summed E-state index contributed by atoms with van der Waals surface area (Å²) in [4.78, 5) is 50.9. The van der Waals surface area contributed by atoms with Gasteiger partial charge in [-0.05, 0) is 61.1 Å². The van der Waals surface area contributed by atoms with Crippen LogP contribution >= 0.6 is 0 Å². The first-order valence-corrected chi connectivity index (χ1v) is 10.2. The van der Waals surface area contributed by atoms with E-state index in [0.29, 0.717) is 22.5 Å².